The van der Waals surface area contributed by atoms with Crippen LogP contribution in [0.3, 0.4) is 0 Å². The molecule has 1 aliphatic heterocycles. The first-order valence-electron chi connectivity index (χ1n) is 8.71. The number of nitrogens with one attached hydrogen (secondary N) is 1. The number of nitrogens with zero attached hydrogens (tertiary/aromatic N) is 4. The molecule has 2 heterocycles. The standard InChI is InChI=1S/C17H31N5S.HI/c1-5-18-17(21(4)12-16-13-23-15(3)20-16)19-10-14(2)11-22-8-6-7-9-22;/h13-14H,5-12H2,1-4H3,(H,18,19);1H. The first kappa shape index (κ1) is 21.6. The summed E-state index contributed by atoms with van der Waals surface area (Å²) >= 11 is 1.70. The zero-order valence-electron chi connectivity index (χ0n) is 15.4. The van der Waals surface area contributed by atoms with Crippen molar-refractivity contribution in [2.75, 3.05) is 39.8 Å². The lowest BCUT2D eigenvalue weighted by atomic mass is 10.2. The molecular weight excluding hydrogens is 433 g/mol. The Kier molecular flexibility index (Phi) is 10.1. The summed E-state index contributed by atoms with van der Waals surface area (Å²) in [4.78, 5) is 14.1. The van der Waals surface area contributed by atoms with E-state index in [1.807, 2.05) is 6.92 Å². The van der Waals surface area contributed by atoms with Crippen molar-refractivity contribution in [2.45, 2.75) is 40.2 Å². The van der Waals surface area contributed by atoms with Crippen LogP contribution < -0.4 is 5.32 Å². The van der Waals surface area contributed by atoms with E-state index >= 15 is 0 Å². The lowest BCUT2D eigenvalue weighted by Gasteiger charge is -2.23. The van der Waals surface area contributed by atoms with Crippen molar-refractivity contribution in [1.82, 2.24) is 20.1 Å². The second kappa shape index (κ2) is 11.3. The summed E-state index contributed by atoms with van der Waals surface area (Å²) in [5, 5.41) is 6.65. The summed E-state index contributed by atoms with van der Waals surface area (Å²) in [5.74, 6) is 1.57. The van der Waals surface area contributed by atoms with Gasteiger partial charge in [-0.3, -0.25) is 4.99 Å². The SMILES string of the molecule is CCNC(=NCC(C)CN1CCCC1)N(C)Cc1csc(C)n1.I. The third-order valence-corrected chi connectivity index (χ3v) is 4.91. The molecule has 1 aromatic rings. The highest BCUT2D eigenvalue weighted by atomic mass is 127. The van der Waals surface area contributed by atoms with Gasteiger partial charge in [0.1, 0.15) is 0 Å². The molecule has 1 fully saturated rings. The number of halogens is 1. The predicted octanol–water partition coefficient (Wildman–Crippen LogP) is 3.20. The zero-order valence-corrected chi connectivity index (χ0v) is 18.6. The van der Waals surface area contributed by atoms with E-state index in [0.717, 1.165) is 42.8 Å². The molecule has 7 heteroatoms. The number of rotatable bonds is 7. The Morgan fingerprint density at radius 1 is 1.46 bits per heavy atom. The molecule has 0 aliphatic carbocycles. The zero-order chi connectivity index (χ0) is 16.7. The van der Waals surface area contributed by atoms with Crippen LogP contribution in [-0.2, 0) is 6.54 Å². The number of aliphatic imine (C=N–C) groups is 1. The summed E-state index contributed by atoms with van der Waals surface area (Å²) in [5.41, 5.74) is 1.12. The van der Waals surface area contributed by atoms with Crippen molar-refractivity contribution in [3.8, 4) is 0 Å². The molecule has 24 heavy (non-hydrogen) atoms. The van der Waals surface area contributed by atoms with E-state index in [0.29, 0.717) is 5.92 Å². The van der Waals surface area contributed by atoms with Gasteiger partial charge < -0.3 is 15.1 Å². The van der Waals surface area contributed by atoms with Crippen LogP contribution in [0.5, 0.6) is 0 Å². The van der Waals surface area contributed by atoms with E-state index in [-0.39, 0.29) is 24.0 Å². The maximum absolute atomic E-state index is 4.84. The number of hydrogen-bond donors (Lipinski definition) is 1. The van der Waals surface area contributed by atoms with Crippen LogP contribution in [0.1, 0.15) is 37.4 Å². The number of thiazole rings is 1. The van der Waals surface area contributed by atoms with E-state index in [2.05, 4.69) is 46.4 Å². The number of aryl methyl sites for hydroxylation is 1. The average molecular weight is 465 g/mol. The quantitative estimate of drug-likeness (QED) is 0.382. The molecule has 0 amide bonds. The Morgan fingerprint density at radius 2 is 2.17 bits per heavy atom. The molecule has 0 spiro atoms. The Bertz CT molecular complexity index is 499. The number of hydrogen-bond acceptors (Lipinski definition) is 4. The van der Waals surface area contributed by atoms with Gasteiger partial charge in [-0.05, 0) is 45.7 Å². The van der Waals surface area contributed by atoms with Crippen LogP contribution >= 0.6 is 35.3 Å². The topological polar surface area (TPSA) is 43.8 Å². The Balaban J connectivity index is 0.00000288. The Morgan fingerprint density at radius 3 is 2.75 bits per heavy atom. The van der Waals surface area contributed by atoms with Crippen LogP contribution in [0.25, 0.3) is 0 Å². The van der Waals surface area contributed by atoms with Gasteiger partial charge in [0.25, 0.3) is 0 Å². The van der Waals surface area contributed by atoms with Crippen molar-refractivity contribution in [1.29, 1.82) is 0 Å². The molecule has 1 unspecified atom stereocenters. The number of guanidine groups is 1. The lowest BCUT2D eigenvalue weighted by Crippen LogP contribution is -2.39. The van der Waals surface area contributed by atoms with Crippen molar-refractivity contribution in [3.05, 3.63) is 16.1 Å². The minimum absolute atomic E-state index is 0. The van der Waals surface area contributed by atoms with Crippen molar-refractivity contribution in [2.24, 2.45) is 10.9 Å². The maximum Gasteiger partial charge on any atom is 0.194 e. The molecule has 5 nitrogen and oxygen atoms in total. The molecule has 1 aromatic heterocycles. The molecule has 138 valence electrons. The predicted molar refractivity (Wildman–Crippen MR) is 115 cm³/mol. The summed E-state index contributed by atoms with van der Waals surface area (Å²) in [6.07, 6.45) is 2.71. The first-order valence-corrected chi connectivity index (χ1v) is 9.59. The van der Waals surface area contributed by atoms with E-state index in [4.69, 9.17) is 4.99 Å². The molecule has 0 saturated carbocycles. The molecular formula is C17H32IN5S. The fraction of sp³-hybridized carbons (Fsp3) is 0.765. The van der Waals surface area contributed by atoms with Gasteiger partial charge in [0.05, 0.1) is 17.2 Å². The second-order valence-electron chi connectivity index (χ2n) is 6.52. The van der Waals surface area contributed by atoms with Crippen LogP contribution in [0.2, 0.25) is 0 Å². The summed E-state index contributed by atoms with van der Waals surface area (Å²) < 4.78 is 0. The van der Waals surface area contributed by atoms with E-state index < -0.39 is 0 Å². The summed E-state index contributed by atoms with van der Waals surface area (Å²) in [7, 11) is 2.08. The van der Waals surface area contributed by atoms with Gasteiger partial charge in [-0.1, -0.05) is 6.92 Å². The van der Waals surface area contributed by atoms with Gasteiger partial charge in [0.2, 0.25) is 0 Å². The lowest BCUT2D eigenvalue weighted by molar-refractivity contribution is 0.291. The molecule has 0 aromatic carbocycles. The summed E-state index contributed by atoms with van der Waals surface area (Å²) in [6, 6.07) is 0. The van der Waals surface area contributed by atoms with Gasteiger partial charge in [-0.25, -0.2) is 4.98 Å². The molecule has 0 radical (unpaired) electrons. The van der Waals surface area contributed by atoms with Gasteiger partial charge in [-0.15, -0.1) is 35.3 Å². The molecule has 0 bridgehead atoms. The van der Waals surface area contributed by atoms with Crippen LogP contribution in [0.4, 0.5) is 0 Å². The fourth-order valence-corrected chi connectivity index (χ4v) is 3.58. The number of likely N-dealkylation sites (tertiary alicyclic amines) is 1. The minimum Gasteiger partial charge on any atom is -0.357 e. The van der Waals surface area contributed by atoms with Gasteiger partial charge in [-0.2, -0.15) is 0 Å². The van der Waals surface area contributed by atoms with Crippen LogP contribution in [0, 0.1) is 12.8 Å². The molecule has 1 N–H and O–H groups in total. The third-order valence-electron chi connectivity index (χ3n) is 4.08. The second-order valence-corrected chi connectivity index (χ2v) is 7.58. The molecule has 1 saturated heterocycles. The van der Waals surface area contributed by atoms with E-state index in [1.165, 1.54) is 25.9 Å². The average Bonchev–Trinajstić information content (AvgIpc) is 3.15. The van der Waals surface area contributed by atoms with Crippen molar-refractivity contribution in [3.63, 3.8) is 0 Å². The van der Waals surface area contributed by atoms with Gasteiger partial charge >= 0.3 is 0 Å². The van der Waals surface area contributed by atoms with Crippen molar-refractivity contribution >= 4 is 41.3 Å². The van der Waals surface area contributed by atoms with Crippen molar-refractivity contribution < 1.29 is 0 Å². The van der Waals surface area contributed by atoms with E-state index in [1.54, 1.807) is 11.3 Å². The highest BCUT2D eigenvalue weighted by molar-refractivity contribution is 14.0. The minimum atomic E-state index is 0. The molecule has 1 aliphatic rings. The highest BCUT2D eigenvalue weighted by Crippen LogP contribution is 2.12. The Labute approximate surface area is 168 Å². The fourth-order valence-electron chi connectivity index (χ4n) is 2.97. The van der Waals surface area contributed by atoms with Gasteiger partial charge in [0, 0.05) is 32.1 Å². The molecule has 2 rings (SSSR count). The van der Waals surface area contributed by atoms with Gasteiger partial charge in [0.15, 0.2) is 5.96 Å². The third kappa shape index (κ3) is 7.23. The summed E-state index contributed by atoms with van der Waals surface area (Å²) in [6.45, 7) is 12.7. The normalized spacial score (nSPS) is 16.8. The number of aromatic nitrogens is 1. The smallest absolute Gasteiger partial charge is 0.194 e. The monoisotopic (exact) mass is 465 g/mol. The first-order chi connectivity index (χ1) is 11.1. The van der Waals surface area contributed by atoms with Crippen LogP contribution in [-0.4, -0.2) is 60.5 Å². The highest BCUT2D eigenvalue weighted by Gasteiger charge is 2.15. The molecule has 1 atom stereocenters. The van der Waals surface area contributed by atoms with Crippen LogP contribution in [0.15, 0.2) is 10.4 Å². The van der Waals surface area contributed by atoms with E-state index in [9.17, 15) is 0 Å². The maximum atomic E-state index is 4.84. The largest absolute Gasteiger partial charge is 0.357 e. The Hall–Kier alpha value is -0.410.